The van der Waals surface area contributed by atoms with E-state index in [1.54, 1.807) is 32.4 Å². The van der Waals surface area contributed by atoms with Crippen molar-refractivity contribution in [2.24, 2.45) is 0 Å². The monoisotopic (exact) mass is 551 g/mol. The third-order valence-corrected chi connectivity index (χ3v) is 7.22. The zero-order chi connectivity index (χ0) is 29.1. The number of pyridine rings is 1. The van der Waals surface area contributed by atoms with Gasteiger partial charge in [-0.25, -0.2) is 9.78 Å². The number of hydrogen-bond donors (Lipinski definition) is 1. The van der Waals surface area contributed by atoms with Crippen molar-refractivity contribution in [3.8, 4) is 22.8 Å². The lowest BCUT2D eigenvalue weighted by Gasteiger charge is -2.18. The van der Waals surface area contributed by atoms with Crippen LogP contribution >= 0.6 is 0 Å². The number of para-hydroxylation sites is 1. The highest BCUT2D eigenvalue weighted by Crippen LogP contribution is 2.30. The van der Waals surface area contributed by atoms with Crippen molar-refractivity contribution in [2.45, 2.75) is 32.4 Å². The van der Waals surface area contributed by atoms with Crippen molar-refractivity contribution in [1.29, 1.82) is 0 Å². The van der Waals surface area contributed by atoms with E-state index in [1.165, 1.54) is 7.11 Å². The number of esters is 1. The van der Waals surface area contributed by atoms with E-state index in [4.69, 9.17) is 19.2 Å². The summed E-state index contributed by atoms with van der Waals surface area (Å²) in [5.41, 5.74) is 4.39. The molecule has 0 spiro atoms. The Hall–Kier alpha value is -4.85. The highest BCUT2D eigenvalue weighted by Gasteiger charge is 2.26. The maximum absolute atomic E-state index is 13.9. The molecule has 0 bridgehead atoms. The normalized spacial score (nSPS) is 12.0. The smallest absolute Gasteiger partial charge is 0.328 e. The fraction of sp³-hybridized carbons (Fsp3) is 0.242. The second kappa shape index (κ2) is 11.7. The van der Waals surface area contributed by atoms with Crippen molar-refractivity contribution in [3.05, 3.63) is 90.1 Å². The molecular weight excluding hydrogens is 518 g/mol. The lowest BCUT2D eigenvalue weighted by atomic mass is 10.0. The van der Waals surface area contributed by atoms with Gasteiger partial charge in [0.1, 0.15) is 17.5 Å². The summed E-state index contributed by atoms with van der Waals surface area (Å²) in [6.45, 7) is 4.22. The number of ether oxygens (including phenoxy) is 3. The molecule has 3 aromatic carbocycles. The van der Waals surface area contributed by atoms with Crippen LogP contribution in [-0.4, -0.2) is 48.8 Å². The molecule has 0 fully saturated rings. The highest BCUT2D eigenvalue weighted by molar-refractivity contribution is 6.08. The Kier molecular flexibility index (Phi) is 7.92. The quantitative estimate of drug-likeness (QED) is 0.227. The molecule has 5 aromatic rings. The molecule has 41 heavy (non-hydrogen) atoms. The number of benzene rings is 3. The lowest BCUT2D eigenvalue weighted by Crippen LogP contribution is -2.43. The van der Waals surface area contributed by atoms with Gasteiger partial charge in [-0.1, -0.05) is 30.3 Å². The largest absolute Gasteiger partial charge is 0.497 e. The summed E-state index contributed by atoms with van der Waals surface area (Å²) in [6, 6.07) is 22.0. The maximum atomic E-state index is 13.9. The number of fused-ring (bicyclic) bond motifs is 2. The van der Waals surface area contributed by atoms with Crippen LogP contribution in [0.3, 0.4) is 0 Å². The summed E-state index contributed by atoms with van der Waals surface area (Å²) in [6.07, 6.45) is 2.32. The minimum Gasteiger partial charge on any atom is -0.497 e. The van der Waals surface area contributed by atoms with E-state index >= 15 is 0 Å². The van der Waals surface area contributed by atoms with E-state index in [2.05, 4.69) is 29.8 Å². The molecule has 2 aromatic heterocycles. The predicted octanol–water partition coefficient (Wildman–Crippen LogP) is 5.97. The van der Waals surface area contributed by atoms with Crippen molar-refractivity contribution in [2.75, 3.05) is 21.3 Å². The van der Waals surface area contributed by atoms with Crippen LogP contribution in [0.1, 0.15) is 35.8 Å². The van der Waals surface area contributed by atoms with Gasteiger partial charge in [-0.2, -0.15) is 0 Å². The zero-order valence-corrected chi connectivity index (χ0v) is 23.8. The van der Waals surface area contributed by atoms with Crippen molar-refractivity contribution < 1.29 is 23.8 Å². The van der Waals surface area contributed by atoms with Gasteiger partial charge in [-0.15, -0.1) is 0 Å². The fourth-order valence-electron chi connectivity index (χ4n) is 5.11. The van der Waals surface area contributed by atoms with Crippen molar-refractivity contribution in [1.82, 2.24) is 14.9 Å². The van der Waals surface area contributed by atoms with Gasteiger partial charge in [0.2, 0.25) is 0 Å². The molecule has 0 aliphatic carbocycles. The standard InChI is InChI=1S/C33H33N3O5/c1-20(2)36-19-22(25-11-6-7-12-31(25)36)16-30(33(38)41-5)35-32(37)27-18-29(21-9-8-10-23(15-21)39-3)34-28-14-13-24(40-4)17-26(27)28/h6-15,17-20,30H,16H2,1-5H3,(H,35,37). The third-order valence-electron chi connectivity index (χ3n) is 7.22. The molecule has 1 amide bonds. The Bertz CT molecular complexity index is 1740. The Balaban J connectivity index is 1.56. The van der Waals surface area contributed by atoms with Crippen LogP contribution in [0, 0.1) is 0 Å². The first kappa shape index (κ1) is 27.7. The third kappa shape index (κ3) is 5.59. The number of carbonyl (C=O) groups is 2. The van der Waals surface area contributed by atoms with Crippen LogP contribution in [0.25, 0.3) is 33.1 Å². The Morgan fingerprint density at radius 2 is 1.63 bits per heavy atom. The molecule has 0 aliphatic rings. The van der Waals surface area contributed by atoms with E-state index < -0.39 is 17.9 Å². The molecule has 8 heteroatoms. The molecule has 2 heterocycles. The van der Waals surface area contributed by atoms with Crippen LogP contribution in [-0.2, 0) is 16.0 Å². The number of nitrogens with one attached hydrogen (secondary N) is 1. The first-order valence-corrected chi connectivity index (χ1v) is 13.4. The Morgan fingerprint density at radius 3 is 2.37 bits per heavy atom. The SMILES string of the molecule is COC(=O)C(Cc1cn(C(C)C)c2ccccc12)NC(=O)c1cc(-c2cccc(OC)c2)nc2ccc(OC)cc12. The average Bonchev–Trinajstić information content (AvgIpc) is 3.38. The molecule has 1 atom stereocenters. The van der Waals surface area contributed by atoms with E-state index in [1.807, 2.05) is 54.7 Å². The fourth-order valence-corrected chi connectivity index (χ4v) is 5.11. The number of rotatable bonds is 9. The molecule has 8 nitrogen and oxygen atoms in total. The number of amides is 1. The second-order valence-corrected chi connectivity index (χ2v) is 10.1. The molecule has 210 valence electrons. The summed E-state index contributed by atoms with van der Waals surface area (Å²) in [5, 5.41) is 4.59. The minimum atomic E-state index is -0.909. The van der Waals surface area contributed by atoms with Gasteiger partial charge < -0.3 is 24.1 Å². The molecule has 0 radical (unpaired) electrons. The van der Waals surface area contributed by atoms with Crippen LogP contribution < -0.4 is 14.8 Å². The highest BCUT2D eigenvalue weighted by atomic mass is 16.5. The summed E-state index contributed by atoms with van der Waals surface area (Å²) in [5.74, 6) is 0.325. The number of hydrogen-bond acceptors (Lipinski definition) is 6. The lowest BCUT2D eigenvalue weighted by molar-refractivity contribution is -0.142. The molecule has 5 rings (SSSR count). The van der Waals surface area contributed by atoms with Gasteiger partial charge in [0.15, 0.2) is 0 Å². The van der Waals surface area contributed by atoms with Gasteiger partial charge in [-0.05, 0) is 61.9 Å². The molecule has 0 saturated carbocycles. The van der Waals surface area contributed by atoms with Gasteiger partial charge in [0.25, 0.3) is 5.91 Å². The van der Waals surface area contributed by atoms with Crippen molar-refractivity contribution >= 4 is 33.7 Å². The average molecular weight is 552 g/mol. The summed E-state index contributed by atoms with van der Waals surface area (Å²) < 4.78 is 18.1. The topological polar surface area (TPSA) is 91.7 Å². The van der Waals surface area contributed by atoms with E-state index in [0.717, 1.165) is 22.0 Å². The molecular formula is C33H33N3O5. The first-order chi connectivity index (χ1) is 19.8. The molecule has 1 N–H and O–H groups in total. The molecule has 0 aliphatic heterocycles. The number of aromatic nitrogens is 2. The summed E-state index contributed by atoms with van der Waals surface area (Å²) in [4.78, 5) is 31.7. The van der Waals surface area contributed by atoms with Crippen LogP contribution in [0.15, 0.2) is 79.0 Å². The van der Waals surface area contributed by atoms with Gasteiger partial charge in [0.05, 0.1) is 38.1 Å². The molecule has 0 saturated heterocycles. The predicted molar refractivity (Wildman–Crippen MR) is 160 cm³/mol. The molecule has 1 unspecified atom stereocenters. The second-order valence-electron chi connectivity index (χ2n) is 10.1. The summed E-state index contributed by atoms with van der Waals surface area (Å²) in [7, 11) is 4.50. The first-order valence-electron chi connectivity index (χ1n) is 13.4. The van der Waals surface area contributed by atoms with E-state index in [0.29, 0.717) is 33.7 Å². The van der Waals surface area contributed by atoms with Crippen LogP contribution in [0.5, 0.6) is 11.5 Å². The zero-order valence-electron chi connectivity index (χ0n) is 23.8. The van der Waals surface area contributed by atoms with Gasteiger partial charge >= 0.3 is 5.97 Å². The number of carbonyl (C=O) groups excluding carboxylic acids is 2. The van der Waals surface area contributed by atoms with Crippen LogP contribution in [0.4, 0.5) is 0 Å². The van der Waals surface area contributed by atoms with Crippen LogP contribution in [0.2, 0.25) is 0 Å². The Labute approximate surface area is 238 Å². The van der Waals surface area contributed by atoms with E-state index in [-0.39, 0.29) is 12.5 Å². The number of nitrogens with zero attached hydrogens (tertiary/aromatic N) is 2. The number of methoxy groups -OCH3 is 3. The minimum absolute atomic E-state index is 0.230. The Morgan fingerprint density at radius 1 is 0.878 bits per heavy atom. The maximum Gasteiger partial charge on any atom is 0.328 e. The van der Waals surface area contributed by atoms with Crippen molar-refractivity contribution in [3.63, 3.8) is 0 Å². The van der Waals surface area contributed by atoms with Gasteiger partial charge in [-0.3, -0.25) is 4.79 Å². The summed E-state index contributed by atoms with van der Waals surface area (Å²) >= 11 is 0. The van der Waals surface area contributed by atoms with Gasteiger partial charge in [0, 0.05) is 40.5 Å². The van der Waals surface area contributed by atoms with E-state index in [9.17, 15) is 9.59 Å².